The number of hydrogen-bond donors (Lipinski definition) is 3. The van der Waals surface area contributed by atoms with Crippen LogP contribution >= 0.6 is 12.0 Å². The Morgan fingerprint density at radius 1 is 1.09 bits per heavy atom. The third kappa shape index (κ3) is 4.95. The van der Waals surface area contributed by atoms with E-state index in [0.717, 1.165) is 5.56 Å². The summed E-state index contributed by atoms with van der Waals surface area (Å²) in [4.78, 5) is -0.0853. The highest BCUT2D eigenvalue weighted by molar-refractivity contribution is 7.95. The molecule has 1 aromatic heterocycles. The molecule has 4 aromatic rings. The van der Waals surface area contributed by atoms with Crippen LogP contribution in [0, 0.1) is 6.92 Å². The van der Waals surface area contributed by atoms with Gasteiger partial charge in [-0.1, -0.05) is 48.0 Å². The first kappa shape index (κ1) is 24.5. The molecule has 0 bridgehead atoms. The summed E-state index contributed by atoms with van der Waals surface area (Å²) in [6.07, 6.45) is 1.70. The molecule has 1 heterocycles. The monoisotopic (exact) mass is 514 g/mol. The van der Waals surface area contributed by atoms with Crippen molar-refractivity contribution in [3.8, 4) is 11.6 Å². The van der Waals surface area contributed by atoms with Crippen LogP contribution in [0.1, 0.15) is 11.3 Å². The van der Waals surface area contributed by atoms with Gasteiger partial charge in [0, 0.05) is 10.8 Å². The first-order chi connectivity index (χ1) is 16.7. The quantitative estimate of drug-likeness (QED) is 0.0872. The van der Waals surface area contributed by atoms with Gasteiger partial charge in [-0.3, -0.25) is 4.55 Å². The van der Waals surface area contributed by atoms with Crippen LogP contribution in [-0.4, -0.2) is 33.1 Å². The van der Waals surface area contributed by atoms with Gasteiger partial charge in [0.05, 0.1) is 28.3 Å². The molecule has 0 saturated heterocycles. The van der Waals surface area contributed by atoms with Gasteiger partial charge in [0.2, 0.25) is 5.88 Å². The van der Waals surface area contributed by atoms with Crippen LogP contribution in [0.4, 0.5) is 11.4 Å². The van der Waals surface area contributed by atoms with Crippen molar-refractivity contribution in [2.24, 2.45) is 10.2 Å². The minimum Gasteiger partial charge on any atom is -0.492 e. The Bertz CT molecular complexity index is 1550. The van der Waals surface area contributed by atoms with E-state index in [9.17, 15) is 18.1 Å². The highest BCUT2D eigenvalue weighted by atomic mass is 32.2. The van der Waals surface area contributed by atoms with Gasteiger partial charge in [0.25, 0.3) is 10.1 Å². The Morgan fingerprint density at radius 3 is 2.49 bits per heavy atom. The van der Waals surface area contributed by atoms with E-state index in [1.807, 2.05) is 12.1 Å². The number of hydrogen-bond acceptors (Lipinski definition) is 10. The summed E-state index contributed by atoms with van der Waals surface area (Å²) in [7, 11) is -4.51. The lowest BCUT2D eigenvalue weighted by Gasteiger charge is -2.09. The van der Waals surface area contributed by atoms with Crippen molar-refractivity contribution in [1.29, 1.82) is 0 Å². The average Bonchev–Trinajstić information content (AvgIpc) is 3.13. The first-order valence-electron chi connectivity index (χ1n) is 9.85. The van der Waals surface area contributed by atoms with E-state index in [1.54, 1.807) is 31.2 Å². The predicted octanol–water partition coefficient (Wildman–Crippen LogP) is 5.77. The van der Waals surface area contributed by atoms with Crippen molar-refractivity contribution in [3.63, 3.8) is 0 Å². The summed E-state index contributed by atoms with van der Waals surface area (Å²) in [6, 6.07) is 14.3. The number of rotatable bonds is 8. The number of aromatic nitrogens is 2. The van der Waals surface area contributed by atoms with Gasteiger partial charge in [0.1, 0.15) is 10.6 Å². The second-order valence-electron chi connectivity index (χ2n) is 7.13. The Balaban J connectivity index is 1.79. The molecular weight excluding hydrogens is 496 g/mol. The second kappa shape index (κ2) is 9.95. The lowest BCUT2D eigenvalue weighted by atomic mass is 10.1. The van der Waals surface area contributed by atoms with Gasteiger partial charge in [0.15, 0.2) is 5.69 Å². The van der Waals surface area contributed by atoms with Crippen molar-refractivity contribution in [1.82, 2.24) is 9.78 Å². The highest BCUT2D eigenvalue weighted by Gasteiger charge is 2.19. The summed E-state index contributed by atoms with van der Waals surface area (Å²) >= 11 is 0.551. The maximum absolute atomic E-state index is 11.8. The zero-order chi connectivity index (χ0) is 25.2. The maximum atomic E-state index is 11.8. The van der Waals surface area contributed by atoms with Gasteiger partial charge in [-0.15, -0.1) is 14.6 Å². The van der Waals surface area contributed by atoms with E-state index in [0.29, 0.717) is 28.8 Å². The molecule has 3 aromatic carbocycles. The van der Waals surface area contributed by atoms with Gasteiger partial charge in [-0.2, -0.15) is 18.2 Å². The molecule has 0 spiro atoms. The summed E-state index contributed by atoms with van der Waals surface area (Å²) in [6.45, 7) is 5.36. The first-order valence-corrected chi connectivity index (χ1v) is 12.0. The SMILES string of the molecule is C=Cc1ccc(-n2nc(C)c(/N=N/c3ccc4c(S(=O)(=O)O)cccc4c3SOOO)c2O)cc1. The summed E-state index contributed by atoms with van der Waals surface area (Å²) in [5, 5.41) is 36.2. The third-order valence-corrected chi connectivity index (χ3v) is 6.65. The van der Waals surface area contributed by atoms with Crippen LogP contribution in [0.3, 0.4) is 0 Å². The molecule has 0 unspecified atom stereocenters. The lowest BCUT2D eigenvalue weighted by molar-refractivity contribution is -0.432. The fraction of sp³-hybridized carbons (Fsp3) is 0.0455. The fourth-order valence-corrected chi connectivity index (χ4v) is 4.66. The Hall–Kier alpha value is -3.59. The molecule has 0 aliphatic carbocycles. The van der Waals surface area contributed by atoms with E-state index >= 15 is 0 Å². The Labute approximate surface area is 203 Å². The van der Waals surface area contributed by atoms with Crippen molar-refractivity contribution < 1.29 is 32.7 Å². The van der Waals surface area contributed by atoms with E-state index in [1.165, 1.54) is 28.9 Å². The van der Waals surface area contributed by atoms with Crippen LogP contribution in [0.15, 0.2) is 81.2 Å². The Morgan fingerprint density at radius 2 is 1.83 bits per heavy atom. The minimum atomic E-state index is -4.51. The molecule has 35 heavy (non-hydrogen) atoms. The van der Waals surface area contributed by atoms with Crippen LogP contribution in [-0.2, 0) is 19.5 Å². The number of fused-ring (bicyclic) bond motifs is 1. The van der Waals surface area contributed by atoms with Gasteiger partial charge >= 0.3 is 0 Å². The van der Waals surface area contributed by atoms with Crippen LogP contribution in [0.25, 0.3) is 22.5 Å². The predicted molar refractivity (Wildman–Crippen MR) is 129 cm³/mol. The topological polar surface area (TPSA) is 156 Å². The second-order valence-corrected chi connectivity index (χ2v) is 9.23. The minimum absolute atomic E-state index is 0.111. The maximum Gasteiger partial charge on any atom is 0.295 e. The molecule has 4 rings (SSSR count). The van der Waals surface area contributed by atoms with E-state index in [-0.39, 0.29) is 32.4 Å². The van der Waals surface area contributed by atoms with E-state index in [4.69, 9.17) is 5.26 Å². The van der Waals surface area contributed by atoms with Gasteiger partial charge in [-0.05, 0) is 36.8 Å². The fourth-order valence-electron chi connectivity index (χ4n) is 3.39. The molecule has 0 aliphatic rings. The third-order valence-electron chi connectivity index (χ3n) is 5.01. The smallest absolute Gasteiger partial charge is 0.295 e. The number of aryl methyl sites for hydroxylation is 1. The molecule has 0 amide bonds. The zero-order valence-corrected chi connectivity index (χ0v) is 19.7. The molecule has 0 atom stereocenters. The average molecular weight is 515 g/mol. The molecule has 11 nitrogen and oxygen atoms in total. The molecule has 0 fully saturated rings. The molecular formula is C22H18N4O7S2. The molecule has 3 N–H and O–H groups in total. The number of benzene rings is 3. The standard InChI is InChI=1S/C22H18N4O7S2/c1-3-14-7-9-15(10-8-14)26-22(27)20(13(2)25-26)24-23-18-12-11-16-17(21(18)34-33-32-28)5-4-6-19(16)35(29,30)31/h3-12,27-28H,1H2,2H3,(H,29,30,31)/b24-23+. The number of azo groups is 1. The number of aromatic hydroxyl groups is 1. The van der Waals surface area contributed by atoms with Crippen LogP contribution in [0.2, 0.25) is 0 Å². The van der Waals surface area contributed by atoms with Crippen molar-refractivity contribution >= 4 is 50.4 Å². The van der Waals surface area contributed by atoms with Gasteiger partial charge < -0.3 is 5.11 Å². The summed E-state index contributed by atoms with van der Waals surface area (Å²) < 4.78 is 39.0. The molecule has 180 valence electrons. The molecule has 0 aliphatic heterocycles. The van der Waals surface area contributed by atoms with Gasteiger partial charge in [-0.25, -0.2) is 5.26 Å². The highest BCUT2D eigenvalue weighted by Crippen LogP contribution is 2.41. The molecule has 0 radical (unpaired) electrons. The van der Waals surface area contributed by atoms with Crippen molar-refractivity contribution in [3.05, 3.63) is 72.4 Å². The normalized spacial score (nSPS) is 12.0. The lowest BCUT2D eigenvalue weighted by Crippen LogP contribution is -1.99. The molecule has 0 saturated carbocycles. The van der Waals surface area contributed by atoms with Crippen molar-refractivity contribution in [2.75, 3.05) is 0 Å². The molecule has 13 heteroatoms. The van der Waals surface area contributed by atoms with Crippen LogP contribution in [0.5, 0.6) is 5.88 Å². The summed E-state index contributed by atoms with van der Waals surface area (Å²) in [5.74, 6) is -0.240. The van der Waals surface area contributed by atoms with E-state index in [2.05, 4.69) is 31.3 Å². The zero-order valence-electron chi connectivity index (χ0n) is 18.1. The van der Waals surface area contributed by atoms with E-state index < -0.39 is 10.1 Å². The number of nitrogens with zero attached hydrogens (tertiary/aromatic N) is 4. The van der Waals surface area contributed by atoms with Crippen molar-refractivity contribution in [2.45, 2.75) is 16.7 Å². The van der Waals surface area contributed by atoms with Crippen LogP contribution < -0.4 is 0 Å². The Kier molecular flexibility index (Phi) is 6.98. The summed E-state index contributed by atoms with van der Waals surface area (Å²) in [5.41, 5.74) is 2.22. The largest absolute Gasteiger partial charge is 0.492 e.